The SMILES string of the molecule is COCCN1CC(CNC(=O)COCc2ccccc2)OCC1=O. The Morgan fingerprint density at radius 2 is 2.17 bits per heavy atom. The number of nitrogens with zero attached hydrogens (tertiary/aromatic N) is 1. The molecule has 0 bridgehead atoms. The van der Waals surface area contributed by atoms with Gasteiger partial charge in [0.2, 0.25) is 11.8 Å². The van der Waals surface area contributed by atoms with Crippen LogP contribution < -0.4 is 5.32 Å². The highest BCUT2D eigenvalue weighted by Crippen LogP contribution is 2.06. The Labute approximate surface area is 141 Å². The third-order valence-electron chi connectivity index (χ3n) is 3.66. The summed E-state index contributed by atoms with van der Waals surface area (Å²) in [6.45, 7) is 2.25. The van der Waals surface area contributed by atoms with Gasteiger partial charge < -0.3 is 24.4 Å². The van der Waals surface area contributed by atoms with Crippen LogP contribution in [0.25, 0.3) is 0 Å². The van der Waals surface area contributed by atoms with Crippen LogP contribution in [-0.4, -0.2) is 69.4 Å². The molecule has 2 amide bonds. The number of hydrogen-bond donors (Lipinski definition) is 1. The van der Waals surface area contributed by atoms with Crippen molar-refractivity contribution in [2.24, 2.45) is 0 Å². The molecule has 0 aliphatic carbocycles. The second-order valence-electron chi connectivity index (χ2n) is 5.55. The Morgan fingerprint density at radius 1 is 1.38 bits per heavy atom. The second-order valence-corrected chi connectivity index (χ2v) is 5.55. The average molecular weight is 336 g/mol. The summed E-state index contributed by atoms with van der Waals surface area (Å²) in [6.07, 6.45) is -0.211. The first kappa shape index (κ1) is 18.4. The van der Waals surface area contributed by atoms with E-state index in [0.29, 0.717) is 32.8 Å². The zero-order chi connectivity index (χ0) is 17.2. The van der Waals surface area contributed by atoms with E-state index in [1.54, 1.807) is 12.0 Å². The molecule has 1 fully saturated rings. The van der Waals surface area contributed by atoms with Crippen molar-refractivity contribution < 1.29 is 23.8 Å². The molecule has 1 aromatic carbocycles. The molecule has 0 saturated carbocycles. The van der Waals surface area contributed by atoms with Gasteiger partial charge in [-0.15, -0.1) is 0 Å². The standard InChI is InChI=1S/C17H24N2O5/c1-22-8-7-19-10-15(24-13-17(19)21)9-18-16(20)12-23-11-14-5-3-2-4-6-14/h2-6,15H,7-13H2,1H3,(H,18,20). The minimum Gasteiger partial charge on any atom is -0.383 e. The Bertz CT molecular complexity index is 523. The number of ether oxygens (including phenoxy) is 3. The molecule has 0 radical (unpaired) electrons. The molecule has 1 aromatic rings. The van der Waals surface area contributed by atoms with Crippen LogP contribution in [0.2, 0.25) is 0 Å². The van der Waals surface area contributed by atoms with E-state index in [0.717, 1.165) is 5.56 Å². The monoisotopic (exact) mass is 336 g/mol. The normalized spacial score (nSPS) is 17.8. The summed E-state index contributed by atoms with van der Waals surface area (Å²) >= 11 is 0. The zero-order valence-electron chi connectivity index (χ0n) is 13.9. The Kier molecular flexibility index (Phi) is 7.67. The van der Waals surface area contributed by atoms with Crippen LogP contribution in [0.5, 0.6) is 0 Å². The molecular formula is C17H24N2O5. The summed E-state index contributed by atoms with van der Waals surface area (Å²) < 4.78 is 15.8. The second kappa shape index (κ2) is 10.0. The average Bonchev–Trinajstić information content (AvgIpc) is 2.61. The van der Waals surface area contributed by atoms with Crippen LogP contribution in [0.15, 0.2) is 30.3 Å². The van der Waals surface area contributed by atoms with Crippen molar-refractivity contribution in [3.8, 4) is 0 Å². The van der Waals surface area contributed by atoms with Crippen LogP contribution >= 0.6 is 0 Å². The van der Waals surface area contributed by atoms with Gasteiger partial charge in [-0.25, -0.2) is 0 Å². The molecule has 1 aliphatic heterocycles. The van der Waals surface area contributed by atoms with E-state index in [1.165, 1.54) is 0 Å². The van der Waals surface area contributed by atoms with Gasteiger partial charge in [0.15, 0.2) is 0 Å². The minimum absolute atomic E-state index is 0.00602. The molecule has 24 heavy (non-hydrogen) atoms. The van der Waals surface area contributed by atoms with Crippen LogP contribution in [0.3, 0.4) is 0 Å². The molecule has 1 atom stereocenters. The lowest BCUT2D eigenvalue weighted by atomic mass is 10.2. The Balaban J connectivity index is 1.63. The molecule has 132 valence electrons. The molecule has 2 rings (SSSR count). The van der Waals surface area contributed by atoms with Gasteiger partial charge >= 0.3 is 0 Å². The van der Waals surface area contributed by atoms with Crippen molar-refractivity contribution in [1.29, 1.82) is 0 Å². The first-order chi connectivity index (χ1) is 11.7. The Morgan fingerprint density at radius 3 is 2.92 bits per heavy atom. The predicted molar refractivity (Wildman–Crippen MR) is 87.3 cm³/mol. The van der Waals surface area contributed by atoms with E-state index >= 15 is 0 Å². The first-order valence-electron chi connectivity index (χ1n) is 7.95. The van der Waals surface area contributed by atoms with Crippen LogP contribution in [0.4, 0.5) is 0 Å². The van der Waals surface area contributed by atoms with E-state index < -0.39 is 0 Å². The quantitative estimate of drug-likeness (QED) is 0.697. The fourth-order valence-corrected chi connectivity index (χ4v) is 2.34. The number of benzene rings is 1. The number of morpholine rings is 1. The molecule has 1 unspecified atom stereocenters. The summed E-state index contributed by atoms with van der Waals surface area (Å²) in [7, 11) is 1.60. The summed E-state index contributed by atoms with van der Waals surface area (Å²) in [5.41, 5.74) is 1.02. The third-order valence-corrected chi connectivity index (χ3v) is 3.66. The summed E-state index contributed by atoms with van der Waals surface area (Å²) in [5.74, 6) is -0.254. The van der Waals surface area contributed by atoms with Crippen molar-refractivity contribution in [2.45, 2.75) is 12.7 Å². The minimum atomic E-state index is -0.211. The first-order valence-corrected chi connectivity index (χ1v) is 7.95. The molecule has 1 aliphatic rings. The molecule has 7 heteroatoms. The fraction of sp³-hybridized carbons (Fsp3) is 0.529. The maximum atomic E-state index is 11.8. The van der Waals surface area contributed by atoms with E-state index in [9.17, 15) is 9.59 Å². The van der Waals surface area contributed by atoms with Gasteiger partial charge in [0.25, 0.3) is 0 Å². The number of carbonyl (C=O) groups excluding carboxylic acids is 2. The van der Waals surface area contributed by atoms with Gasteiger partial charge in [0, 0.05) is 26.7 Å². The highest BCUT2D eigenvalue weighted by molar-refractivity contribution is 5.78. The maximum Gasteiger partial charge on any atom is 0.248 e. The summed E-state index contributed by atoms with van der Waals surface area (Å²) in [4.78, 5) is 25.2. The molecule has 1 heterocycles. The lowest BCUT2D eigenvalue weighted by Gasteiger charge is -2.32. The van der Waals surface area contributed by atoms with Gasteiger partial charge in [-0.2, -0.15) is 0 Å². The van der Waals surface area contributed by atoms with Crippen molar-refractivity contribution in [2.75, 3.05) is 46.6 Å². The largest absolute Gasteiger partial charge is 0.383 e. The molecular weight excluding hydrogens is 312 g/mol. The van der Waals surface area contributed by atoms with Crippen LogP contribution in [-0.2, 0) is 30.4 Å². The van der Waals surface area contributed by atoms with E-state index in [1.807, 2.05) is 30.3 Å². The smallest absolute Gasteiger partial charge is 0.248 e. The van der Waals surface area contributed by atoms with Crippen molar-refractivity contribution in [1.82, 2.24) is 10.2 Å². The number of carbonyl (C=O) groups is 2. The van der Waals surface area contributed by atoms with E-state index in [4.69, 9.17) is 14.2 Å². The topological polar surface area (TPSA) is 77.1 Å². The van der Waals surface area contributed by atoms with Gasteiger partial charge in [-0.3, -0.25) is 9.59 Å². The lowest BCUT2D eigenvalue weighted by Crippen LogP contribution is -2.51. The summed E-state index contributed by atoms with van der Waals surface area (Å²) in [5, 5.41) is 2.77. The number of methoxy groups -OCH3 is 1. The van der Waals surface area contributed by atoms with Crippen molar-refractivity contribution in [3.05, 3.63) is 35.9 Å². The zero-order valence-corrected chi connectivity index (χ0v) is 13.9. The van der Waals surface area contributed by atoms with Crippen molar-refractivity contribution >= 4 is 11.8 Å². The van der Waals surface area contributed by atoms with Crippen molar-refractivity contribution in [3.63, 3.8) is 0 Å². The molecule has 0 spiro atoms. The van der Waals surface area contributed by atoms with E-state index in [2.05, 4.69) is 5.32 Å². The predicted octanol–water partition coefficient (Wildman–Crippen LogP) is 0.193. The van der Waals surface area contributed by atoms with Crippen LogP contribution in [0.1, 0.15) is 5.56 Å². The van der Waals surface area contributed by atoms with E-state index in [-0.39, 0.29) is 31.1 Å². The van der Waals surface area contributed by atoms with Gasteiger partial charge in [-0.1, -0.05) is 30.3 Å². The highest BCUT2D eigenvalue weighted by atomic mass is 16.5. The highest BCUT2D eigenvalue weighted by Gasteiger charge is 2.26. The van der Waals surface area contributed by atoms with Crippen LogP contribution in [0, 0.1) is 0 Å². The molecule has 0 aromatic heterocycles. The fourth-order valence-electron chi connectivity index (χ4n) is 2.34. The maximum absolute atomic E-state index is 11.8. The van der Waals surface area contributed by atoms with Gasteiger partial charge in [0.1, 0.15) is 13.2 Å². The van der Waals surface area contributed by atoms with Gasteiger partial charge in [-0.05, 0) is 5.56 Å². The number of nitrogens with one attached hydrogen (secondary N) is 1. The number of amides is 2. The number of rotatable bonds is 9. The Hall–Kier alpha value is -1.96. The lowest BCUT2D eigenvalue weighted by molar-refractivity contribution is -0.149. The summed E-state index contributed by atoms with van der Waals surface area (Å²) in [6, 6.07) is 9.67. The van der Waals surface area contributed by atoms with Gasteiger partial charge in [0.05, 0.1) is 19.3 Å². The number of hydrogen-bond acceptors (Lipinski definition) is 5. The molecule has 1 N–H and O–H groups in total. The molecule has 7 nitrogen and oxygen atoms in total. The third kappa shape index (κ3) is 6.27. The molecule has 1 saturated heterocycles.